The zero-order valence-corrected chi connectivity index (χ0v) is 14.5. The zero-order chi connectivity index (χ0) is 18.0. The number of carbonyl (C=O) groups excluding carboxylic acids is 1. The summed E-state index contributed by atoms with van der Waals surface area (Å²) in [6.07, 6.45) is 1.79. The van der Waals surface area contributed by atoms with Crippen molar-refractivity contribution >= 4 is 17.7 Å². The van der Waals surface area contributed by atoms with Crippen LogP contribution in [0.4, 0.5) is 10.5 Å². The number of ether oxygens (including phenoxy) is 1. The molecule has 0 saturated heterocycles. The molecule has 1 aliphatic rings. The van der Waals surface area contributed by atoms with Crippen molar-refractivity contribution < 1.29 is 19.4 Å². The van der Waals surface area contributed by atoms with Gasteiger partial charge in [0.25, 0.3) is 0 Å². The molecule has 1 aliphatic carbocycles. The number of hydrogen-bond acceptors (Lipinski definition) is 4. The summed E-state index contributed by atoms with van der Waals surface area (Å²) in [6.45, 7) is 5.36. The summed E-state index contributed by atoms with van der Waals surface area (Å²) in [6, 6.07) is 7.04. The molecule has 0 aliphatic heterocycles. The van der Waals surface area contributed by atoms with Gasteiger partial charge in [-0.05, 0) is 64.2 Å². The van der Waals surface area contributed by atoms with Crippen LogP contribution < -0.4 is 11.1 Å². The Kier molecular flexibility index (Phi) is 5.18. The minimum absolute atomic E-state index is 0.0561. The Morgan fingerprint density at radius 1 is 1.29 bits per heavy atom. The van der Waals surface area contributed by atoms with Crippen LogP contribution in [0.3, 0.4) is 0 Å². The number of rotatable bonds is 3. The second-order valence-corrected chi connectivity index (χ2v) is 7.43. The molecule has 132 valence electrons. The Labute approximate surface area is 142 Å². The predicted molar refractivity (Wildman–Crippen MR) is 92.1 cm³/mol. The first-order valence-corrected chi connectivity index (χ1v) is 8.22. The highest BCUT2D eigenvalue weighted by molar-refractivity contribution is 5.86. The van der Waals surface area contributed by atoms with Gasteiger partial charge in [-0.25, -0.2) is 4.79 Å². The molecule has 24 heavy (non-hydrogen) atoms. The number of carboxylic acid groups (broad SMARTS) is 1. The van der Waals surface area contributed by atoms with Crippen LogP contribution in [0, 0.1) is 0 Å². The topological polar surface area (TPSA) is 102 Å². The highest BCUT2D eigenvalue weighted by Crippen LogP contribution is 2.40. The number of carbonyl (C=O) groups is 2. The normalized spacial score (nSPS) is 24.2. The molecule has 1 aromatic rings. The molecule has 1 aromatic carbocycles. The smallest absolute Gasteiger partial charge is 0.412 e. The van der Waals surface area contributed by atoms with E-state index in [0.29, 0.717) is 36.9 Å². The molecule has 0 atom stereocenters. The van der Waals surface area contributed by atoms with E-state index in [4.69, 9.17) is 10.5 Å². The maximum absolute atomic E-state index is 12.0. The Morgan fingerprint density at radius 3 is 2.46 bits per heavy atom. The highest BCUT2D eigenvalue weighted by atomic mass is 16.6. The van der Waals surface area contributed by atoms with E-state index in [1.807, 2.05) is 0 Å². The number of amides is 1. The number of anilines is 1. The SMILES string of the molecule is CC(C)(C)OC(=O)Nc1cccc(C2(C(=O)O)CCC(N)CC2)c1. The maximum Gasteiger partial charge on any atom is 0.412 e. The van der Waals surface area contributed by atoms with E-state index >= 15 is 0 Å². The van der Waals surface area contributed by atoms with Crippen molar-refractivity contribution in [2.24, 2.45) is 5.73 Å². The summed E-state index contributed by atoms with van der Waals surface area (Å²) in [5.74, 6) is -0.844. The van der Waals surface area contributed by atoms with Crippen LogP contribution in [0.25, 0.3) is 0 Å². The van der Waals surface area contributed by atoms with Crippen molar-refractivity contribution in [1.29, 1.82) is 0 Å². The minimum Gasteiger partial charge on any atom is -0.481 e. The number of nitrogens with one attached hydrogen (secondary N) is 1. The molecule has 1 amide bonds. The number of benzene rings is 1. The van der Waals surface area contributed by atoms with Crippen LogP contribution in [0.2, 0.25) is 0 Å². The zero-order valence-electron chi connectivity index (χ0n) is 14.5. The molecule has 0 unspecified atom stereocenters. The van der Waals surface area contributed by atoms with Crippen molar-refractivity contribution in [3.05, 3.63) is 29.8 Å². The highest BCUT2D eigenvalue weighted by Gasteiger charge is 2.43. The average molecular weight is 334 g/mol. The first kappa shape index (κ1) is 18.3. The summed E-state index contributed by atoms with van der Waals surface area (Å²) in [4.78, 5) is 23.9. The molecule has 2 rings (SSSR count). The summed E-state index contributed by atoms with van der Waals surface area (Å²) < 4.78 is 5.23. The van der Waals surface area contributed by atoms with Crippen molar-refractivity contribution in [3.63, 3.8) is 0 Å². The third-order valence-corrected chi connectivity index (χ3v) is 4.35. The van der Waals surface area contributed by atoms with Gasteiger partial charge in [0.05, 0.1) is 5.41 Å². The van der Waals surface area contributed by atoms with Gasteiger partial charge < -0.3 is 15.6 Å². The molecule has 0 heterocycles. The first-order valence-electron chi connectivity index (χ1n) is 8.22. The fourth-order valence-corrected chi connectivity index (χ4v) is 3.08. The molecule has 1 fully saturated rings. The van der Waals surface area contributed by atoms with Gasteiger partial charge in [0.15, 0.2) is 0 Å². The van der Waals surface area contributed by atoms with Crippen LogP contribution in [0.5, 0.6) is 0 Å². The number of aliphatic carboxylic acids is 1. The van der Waals surface area contributed by atoms with E-state index in [1.54, 1.807) is 45.0 Å². The third-order valence-electron chi connectivity index (χ3n) is 4.35. The Balaban J connectivity index is 2.22. The van der Waals surface area contributed by atoms with Gasteiger partial charge in [0.2, 0.25) is 0 Å². The van der Waals surface area contributed by atoms with Crippen molar-refractivity contribution in [3.8, 4) is 0 Å². The lowest BCUT2D eigenvalue weighted by Crippen LogP contribution is -2.42. The van der Waals surface area contributed by atoms with Crippen LogP contribution >= 0.6 is 0 Å². The van der Waals surface area contributed by atoms with Crippen molar-refractivity contribution in [2.75, 3.05) is 5.32 Å². The van der Waals surface area contributed by atoms with E-state index in [-0.39, 0.29) is 6.04 Å². The number of carboxylic acids is 1. The average Bonchev–Trinajstić information content (AvgIpc) is 2.46. The quantitative estimate of drug-likeness (QED) is 0.787. The lowest BCUT2D eigenvalue weighted by atomic mass is 9.68. The second kappa shape index (κ2) is 6.81. The van der Waals surface area contributed by atoms with Gasteiger partial charge in [-0.15, -0.1) is 0 Å². The van der Waals surface area contributed by atoms with Gasteiger partial charge in [-0.2, -0.15) is 0 Å². The molecule has 6 nitrogen and oxygen atoms in total. The molecule has 0 aromatic heterocycles. The van der Waals surface area contributed by atoms with Crippen LogP contribution in [0.15, 0.2) is 24.3 Å². The molecule has 4 N–H and O–H groups in total. The molecule has 6 heteroatoms. The lowest BCUT2D eigenvalue weighted by molar-refractivity contribution is -0.145. The van der Waals surface area contributed by atoms with Crippen LogP contribution in [-0.2, 0) is 14.9 Å². The molecule has 1 saturated carbocycles. The number of hydrogen-bond donors (Lipinski definition) is 3. The maximum atomic E-state index is 12.0. The first-order chi connectivity index (χ1) is 11.1. The van der Waals surface area contributed by atoms with E-state index in [1.165, 1.54) is 0 Å². The summed E-state index contributed by atoms with van der Waals surface area (Å²) >= 11 is 0. The third kappa shape index (κ3) is 4.26. The van der Waals surface area contributed by atoms with Crippen LogP contribution in [0.1, 0.15) is 52.0 Å². The summed E-state index contributed by atoms with van der Waals surface area (Å²) in [7, 11) is 0. The monoisotopic (exact) mass is 334 g/mol. The molecular formula is C18H26N2O4. The lowest BCUT2D eigenvalue weighted by Gasteiger charge is -2.36. The van der Waals surface area contributed by atoms with Gasteiger partial charge in [-0.3, -0.25) is 10.1 Å². The Morgan fingerprint density at radius 2 is 1.92 bits per heavy atom. The molecule has 0 spiro atoms. The largest absolute Gasteiger partial charge is 0.481 e. The second-order valence-electron chi connectivity index (χ2n) is 7.43. The summed E-state index contributed by atoms with van der Waals surface area (Å²) in [5, 5.41) is 12.5. The van der Waals surface area contributed by atoms with Gasteiger partial charge in [-0.1, -0.05) is 12.1 Å². The number of nitrogens with two attached hydrogens (primary N) is 1. The van der Waals surface area contributed by atoms with Gasteiger partial charge >= 0.3 is 12.1 Å². The van der Waals surface area contributed by atoms with E-state index in [2.05, 4.69) is 5.32 Å². The predicted octanol–water partition coefficient (Wildman–Crippen LogP) is 3.26. The fraction of sp³-hybridized carbons (Fsp3) is 0.556. The van der Waals surface area contributed by atoms with Gasteiger partial charge in [0, 0.05) is 11.7 Å². The van der Waals surface area contributed by atoms with Gasteiger partial charge in [0.1, 0.15) is 5.60 Å². The standard InChI is InChI=1S/C18H26N2O4/c1-17(2,3)24-16(23)20-14-6-4-5-12(11-14)18(15(21)22)9-7-13(19)8-10-18/h4-6,11,13H,7-10,19H2,1-3H3,(H,20,23)(H,21,22). The summed E-state index contributed by atoms with van der Waals surface area (Å²) in [5.41, 5.74) is 5.60. The Bertz CT molecular complexity index is 614. The van der Waals surface area contributed by atoms with Crippen molar-refractivity contribution in [2.45, 2.75) is 63.5 Å². The molecular weight excluding hydrogens is 308 g/mol. The van der Waals surface area contributed by atoms with Crippen molar-refractivity contribution in [1.82, 2.24) is 0 Å². The van der Waals surface area contributed by atoms with E-state index < -0.39 is 23.1 Å². The van der Waals surface area contributed by atoms with Crippen LogP contribution in [-0.4, -0.2) is 28.8 Å². The molecule has 0 bridgehead atoms. The van der Waals surface area contributed by atoms with E-state index in [0.717, 1.165) is 0 Å². The van der Waals surface area contributed by atoms with E-state index in [9.17, 15) is 14.7 Å². The molecule has 0 radical (unpaired) electrons. The fourth-order valence-electron chi connectivity index (χ4n) is 3.08. The minimum atomic E-state index is -0.943. The Hall–Kier alpha value is -2.08.